The minimum atomic E-state index is -4.25. The maximum absolute atomic E-state index is 12.1. The maximum atomic E-state index is 12.1. The SMILES string of the molecule is N#CC1(NCC(F)(F)F)CCN(C2CC2)C1. The van der Waals surface area contributed by atoms with Gasteiger partial charge in [-0.2, -0.15) is 18.4 Å². The average molecular weight is 233 g/mol. The number of likely N-dealkylation sites (tertiary alicyclic amines) is 1. The first-order valence-corrected chi connectivity index (χ1v) is 5.41. The molecule has 1 unspecified atom stereocenters. The van der Waals surface area contributed by atoms with E-state index in [0.717, 1.165) is 19.4 Å². The van der Waals surface area contributed by atoms with E-state index in [1.807, 2.05) is 6.07 Å². The van der Waals surface area contributed by atoms with Gasteiger partial charge in [-0.1, -0.05) is 0 Å². The van der Waals surface area contributed by atoms with Crippen molar-refractivity contribution >= 4 is 0 Å². The predicted molar refractivity (Wildman–Crippen MR) is 51.6 cm³/mol. The van der Waals surface area contributed by atoms with Crippen molar-refractivity contribution in [1.29, 1.82) is 5.26 Å². The minimum absolute atomic E-state index is 0.421. The highest BCUT2D eigenvalue weighted by molar-refractivity contribution is 5.14. The number of halogens is 3. The van der Waals surface area contributed by atoms with Crippen LogP contribution in [0.25, 0.3) is 0 Å². The summed E-state index contributed by atoms with van der Waals surface area (Å²) in [6.45, 7) is 0.0619. The predicted octanol–water partition coefficient (Wildman–Crippen LogP) is 1.27. The number of alkyl halides is 3. The molecule has 2 aliphatic rings. The van der Waals surface area contributed by atoms with Crippen LogP contribution >= 0.6 is 0 Å². The molecule has 0 aromatic carbocycles. The van der Waals surface area contributed by atoms with Crippen molar-refractivity contribution in [3.8, 4) is 6.07 Å². The molecule has 1 saturated carbocycles. The quantitative estimate of drug-likeness (QED) is 0.797. The molecule has 6 heteroatoms. The van der Waals surface area contributed by atoms with E-state index in [1.54, 1.807) is 0 Å². The van der Waals surface area contributed by atoms with Gasteiger partial charge in [0, 0.05) is 19.1 Å². The van der Waals surface area contributed by atoms with E-state index in [1.165, 1.54) is 0 Å². The molecule has 1 aliphatic heterocycles. The fourth-order valence-corrected chi connectivity index (χ4v) is 2.14. The molecule has 90 valence electrons. The van der Waals surface area contributed by atoms with Gasteiger partial charge in [0.25, 0.3) is 0 Å². The summed E-state index contributed by atoms with van der Waals surface area (Å²) in [5.41, 5.74) is -1.00. The van der Waals surface area contributed by atoms with Crippen LogP contribution < -0.4 is 5.32 Å². The molecule has 2 fully saturated rings. The zero-order valence-electron chi connectivity index (χ0n) is 8.85. The monoisotopic (exact) mass is 233 g/mol. The lowest BCUT2D eigenvalue weighted by Gasteiger charge is -2.24. The molecule has 0 amide bonds. The lowest BCUT2D eigenvalue weighted by molar-refractivity contribution is -0.127. The van der Waals surface area contributed by atoms with E-state index in [0.29, 0.717) is 19.0 Å². The van der Waals surface area contributed by atoms with E-state index in [9.17, 15) is 13.2 Å². The summed E-state index contributed by atoms with van der Waals surface area (Å²) in [6.07, 6.45) is -1.55. The number of hydrogen-bond acceptors (Lipinski definition) is 3. The van der Waals surface area contributed by atoms with Gasteiger partial charge in [0.15, 0.2) is 0 Å². The zero-order chi connectivity index (χ0) is 11.8. The molecule has 0 bridgehead atoms. The van der Waals surface area contributed by atoms with Crippen LogP contribution in [0.5, 0.6) is 0 Å². The summed E-state index contributed by atoms with van der Waals surface area (Å²) in [5, 5.41) is 11.4. The molecule has 1 atom stereocenters. The van der Waals surface area contributed by atoms with Crippen molar-refractivity contribution in [3.05, 3.63) is 0 Å². The third-order valence-electron chi connectivity index (χ3n) is 3.20. The highest BCUT2D eigenvalue weighted by Gasteiger charge is 2.45. The highest BCUT2D eigenvalue weighted by atomic mass is 19.4. The molecule has 2 rings (SSSR count). The second kappa shape index (κ2) is 3.90. The van der Waals surface area contributed by atoms with Gasteiger partial charge in [0.2, 0.25) is 0 Å². The summed E-state index contributed by atoms with van der Waals surface area (Å²) in [7, 11) is 0. The summed E-state index contributed by atoms with van der Waals surface area (Å²) >= 11 is 0. The fraction of sp³-hybridized carbons (Fsp3) is 0.900. The number of nitriles is 1. The molecule has 1 saturated heterocycles. The van der Waals surface area contributed by atoms with E-state index in [4.69, 9.17) is 5.26 Å². The van der Waals surface area contributed by atoms with Crippen LogP contribution in [0.4, 0.5) is 13.2 Å². The largest absolute Gasteiger partial charge is 0.401 e. The topological polar surface area (TPSA) is 39.1 Å². The molecular formula is C10H14F3N3. The van der Waals surface area contributed by atoms with Gasteiger partial charge in [-0.3, -0.25) is 10.2 Å². The molecule has 16 heavy (non-hydrogen) atoms. The molecule has 3 nitrogen and oxygen atoms in total. The molecule has 0 aromatic heterocycles. The molecule has 0 spiro atoms. The Morgan fingerprint density at radius 2 is 2.12 bits per heavy atom. The number of hydrogen-bond donors (Lipinski definition) is 1. The Balaban J connectivity index is 1.91. The van der Waals surface area contributed by atoms with Gasteiger partial charge in [-0.25, -0.2) is 0 Å². The minimum Gasteiger partial charge on any atom is -0.297 e. The third-order valence-corrected chi connectivity index (χ3v) is 3.20. The Morgan fingerprint density at radius 1 is 1.44 bits per heavy atom. The summed E-state index contributed by atoms with van der Waals surface area (Å²) in [6, 6.07) is 2.51. The van der Waals surface area contributed by atoms with Gasteiger partial charge in [0.1, 0.15) is 5.54 Å². The first-order chi connectivity index (χ1) is 7.44. The second-order valence-electron chi connectivity index (χ2n) is 4.61. The Bertz CT molecular complexity index is 305. The smallest absolute Gasteiger partial charge is 0.297 e. The first kappa shape index (κ1) is 11.7. The molecule has 1 aliphatic carbocycles. The standard InChI is InChI=1S/C10H14F3N3/c11-10(12,13)6-15-9(5-14)3-4-16(7-9)8-1-2-8/h8,15H,1-4,6-7H2. The second-order valence-corrected chi connectivity index (χ2v) is 4.61. The van der Waals surface area contributed by atoms with Gasteiger partial charge < -0.3 is 0 Å². The Hall–Kier alpha value is -0.800. The van der Waals surface area contributed by atoms with Crippen LogP contribution in [-0.2, 0) is 0 Å². The zero-order valence-corrected chi connectivity index (χ0v) is 8.85. The number of nitrogens with one attached hydrogen (secondary N) is 1. The summed E-state index contributed by atoms with van der Waals surface area (Å²) in [5.74, 6) is 0. The first-order valence-electron chi connectivity index (χ1n) is 5.41. The average Bonchev–Trinajstić information content (AvgIpc) is 2.96. The normalized spacial score (nSPS) is 31.6. The molecule has 0 aromatic rings. The van der Waals surface area contributed by atoms with Crippen LogP contribution in [0.15, 0.2) is 0 Å². The Morgan fingerprint density at radius 3 is 2.62 bits per heavy atom. The Kier molecular flexibility index (Phi) is 2.84. The van der Waals surface area contributed by atoms with Gasteiger partial charge in [0.05, 0.1) is 12.6 Å². The van der Waals surface area contributed by atoms with Crippen LogP contribution in [-0.4, -0.2) is 42.3 Å². The number of rotatable bonds is 3. The van der Waals surface area contributed by atoms with Crippen molar-refractivity contribution < 1.29 is 13.2 Å². The summed E-state index contributed by atoms with van der Waals surface area (Å²) in [4.78, 5) is 2.12. The van der Waals surface area contributed by atoms with Crippen LogP contribution in [0, 0.1) is 11.3 Å². The maximum Gasteiger partial charge on any atom is 0.401 e. The molecule has 1 N–H and O–H groups in total. The van der Waals surface area contributed by atoms with E-state index >= 15 is 0 Å². The molecule has 1 heterocycles. The molecular weight excluding hydrogens is 219 g/mol. The fourth-order valence-electron chi connectivity index (χ4n) is 2.14. The lowest BCUT2D eigenvalue weighted by atomic mass is 10.0. The van der Waals surface area contributed by atoms with Gasteiger partial charge in [-0.05, 0) is 19.3 Å². The van der Waals surface area contributed by atoms with E-state index in [-0.39, 0.29) is 0 Å². The molecule has 0 radical (unpaired) electrons. The highest BCUT2D eigenvalue weighted by Crippen LogP contribution is 2.33. The summed E-state index contributed by atoms with van der Waals surface area (Å²) < 4.78 is 36.3. The number of nitrogens with zero attached hydrogens (tertiary/aromatic N) is 2. The van der Waals surface area contributed by atoms with E-state index < -0.39 is 18.3 Å². The van der Waals surface area contributed by atoms with Crippen molar-refractivity contribution in [3.63, 3.8) is 0 Å². The lowest BCUT2D eigenvalue weighted by Crippen LogP contribution is -2.50. The van der Waals surface area contributed by atoms with Crippen LogP contribution in [0.3, 0.4) is 0 Å². The van der Waals surface area contributed by atoms with Gasteiger partial charge >= 0.3 is 6.18 Å². The van der Waals surface area contributed by atoms with E-state index in [2.05, 4.69) is 10.2 Å². The van der Waals surface area contributed by atoms with Crippen molar-refractivity contribution in [2.24, 2.45) is 0 Å². The van der Waals surface area contributed by atoms with Crippen molar-refractivity contribution in [2.45, 2.75) is 37.0 Å². The van der Waals surface area contributed by atoms with Gasteiger partial charge in [-0.15, -0.1) is 0 Å². The third kappa shape index (κ3) is 2.66. The Labute approximate surface area is 92.2 Å². The van der Waals surface area contributed by atoms with Crippen molar-refractivity contribution in [2.75, 3.05) is 19.6 Å². The van der Waals surface area contributed by atoms with Crippen molar-refractivity contribution in [1.82, 2.24) is 10.2 Å². The van der Waals surface area contributed by atoms with Crippen LogP contribution in [0.1, 0.15) is 19.3 Å². The van der Waals surface area contributed by atoms with Crippen LogP contribution in [0.2, 0.25) is 0 Å².